The zero-order chi connectivity index (χ0) is 22.4. The summed E-state index contributed by atoms with van der Waals surface area (Å²) in [5, 5.41) is 9.35. The number of nitrogens with one attached hydrogen (secondary N) is 4. The van der Waals surface area contributed by atoms with Crippen molar-refractivity contribution in [1.29, 1.82) is 0 Å². The number of carbonyl (C=O) groups excluding carboxylic acids is 2. The van der Waals surface area contributed by atoms with E-state index in [2.05, 4.69) is 30.8 Å². The van der Waals surface area contributed by atoms with E-state index in [1.54, 1.807) is 0 Å². The number of para-hydroxylation sites is 2. The molecule has 4 N–H and O–H groups in total. The van der Waals surface area contributed by atoms with Crippen molar-refractivity contribution in [2.75, 3.05) is 19.7 Å². The lowest BCUT2D eigenvalue weighted by Crippen LogP contribution is -2.73. The second-order valence-corrected chi connectivity index (χ2v) is 10.1. The van der Waals surface area contributed by atoms with Crippen LogP contribution in [0, 0.1) is 5.92 Å². The van der Waals surface area contributed by atoms with Gasteiger partial charge >= 0.3 is 6.03 Å². The molecule has 4 saturated heterocycles. The van der Waals surface area contributed by atoms with Gasteiger partial charge in [0.2, 0.25) is 5.91 Å². The lowest BCUT2D eigenvalue weighted by Gasteiger charge is -2.55. The molecule has 2 bridgehead atoms. The van der Waals surface area contributed by atoms with Gasteiger partial charge in [-0.1, -0.05) is 12.1 Å². The fourth-order valence-corrected chi connectivity index (χ4v) is 6.68. The fraction of sp³-hybridized carbons (Fsp3) is 0.625. The average molecular weight is 453 g/mol. The summed E-state index contributed by atoms with van der Waals surface area (Å²) in [5.41, 5.74) is 1.76. The van der Waals surface area contributed by atoms with Gasteiger partial charge in [-0.15, -0.1) is 0 Å². The van der Waals surface area contributed by atoms with Crippen molar-refractivity contribution in [2.24, 2.45) is 5.92 Å². The number of fused-ring (bicyclic) bond motifs is 5. The maximum atomic E-state index is 12.8. The highest BCUT2D eigenvalue weighted by Gasteiger charge is 2.57. The number of hydrogen-bond donors (Lipinski definition) is 4. The molecule has 2 aromatic rings. The number of amides is 3. The van der Waals surface area contributed by atoms with Gasteiger partial charge in [-0.05, 0) is 50.7 Å². The number of imidazole rings is 1. The Balaban J connectivity index is 1.06. The van der Waals surface area contributed by atoms with Crippen molar-refractivity contribution in [3.05, 3.63) is 30.1 Å². The Bertz CT molecular complexity index is 1010. The number of urea groups is 1. The quantitative estimate of drug-likeness (QED) is 0.551. The first-order valence-electron chi connectivity index (χ1n) is 12.3. The predicted molar refractivity (Wildman–Crippen MR) is 122 cm³/mol. The molecule has 0 aliphatic carbocycles. The normalized spacial score (nSPS) is 33.5. The molecule has 9 nitrogen and oxygen atoms in total. The second kappa shape index (κ2) is 8.29. The van der Waals surface area contributed by atoms with Crippen LogP contribution in [0.15, 0.2) is 24.3 Å². The van der Waals surface area contributed by atoms with E-state index < -0.39 is 0 Å². The van der Waals surface area contributed by atoms with Crippen LogP contribution < -0.4 is 16.0 Å². The van der Waals surface area contributed by atoms with Crippen LogP contribution in [0.3, 0.4) is 0 Å². The molecule has 4 aliphatic rings. The molecule has 5 heterocycles. The van der Waals surface area contributed by atoms with E-state index in [9.17, 15) is 9.59 Å². The van der Waals surface area contributed by atoms with Crippen LogP contribution in [0.5, 0.6) is 0 Å². The largest absolute Gasteiger partial charge is 0.358 e. The van der Waals surface area contributed by atoms with E-state index in [-0.39, 0.29) is 23.7 Å². The van der Waals surface area contributed by atoms with Crippen LogP contribution in [0.2, 0.25) is 0 Å². The maximum absolute atomic E-state index is 12.8. The summed E-state index contributed by atoms with van der Waals surface area (Å²) in [6.45, 7) is 1.70. The topological polar surface area (TPSA) is 111 Å². The monoisotopic (exact) mass is 452 g/mol. The SMILES string of the molecule is O=C(CN1[C@H]2CC[C@H]1CC1(C2)NC(=O)N[C@H]2OCCC[C@H]21)NCCc1nc2ccccc2[nH]1. The Hall–Kier alpha value is -2.65. The van der Waals surface area contributed by atoms with E-state index in [0.717, 1.165) is 55.4 Å². The van der Waals surface area contributed by atoms with Crippen LogP contribution in [0.1, 0.15) is 44.3 Å². The van der Waals surface area contributed by atoms with E-state index in [1.807, 2.05) is 24.3 Å². The van der Waals surface area contributed by atoms with Crippen molar-refractivity contribution in [1.82, 2.24) is 30.8 Å². The van der Waals surface area contributed by atoms with E-state index >= 15 is 0 Å². The number of ether oxygens (including phenoxy) is 1. The molecule has 0 radical (unpaired) electrons. The fourth-order valence-electron chi connectivity index (χ4n) is 6.68. The molecular formula is C24H32N6O3. The van der Waals surface area contributed by atoms with Crippen molar-refractivity contribution in [3.63, 3.8) is 0 Å². The number of nitrogens with zero attached hydrogens (tertiary/aromatic N) is 2. The van der Waals surface area contributed by atoms with Crippen LogP contribution in [0.25, 0.3) is 11.0 Å². The van der Waals surface area contributed by atoms with E-state index in [1.165, 1.54) is 0 Å². The number of H-pyrrole nitrogens is 1. The zero-order valence-corrected chi connectivity index (χ0v) is 18.8. The molecule has 1 spiro atoms. The zero-order valence-electron chi connectivity index (χ0n) is 18.8. The van der Waals surface area contributed by atoms with Gasteiger partial charge in [0.1, 0.15) is 12.1 Å². The van der Waals surface area contributed by atoms with Gasteiger partial charge in [0.25, 0.3) is 0 Å². The first-order chi connectivity index (χ1) is 16.1. The standard InChI is InChI=1S/C24H32N6O3/c31-21(25-10-9-20-26-18-5-1-2-6-19(18)27-20)14-30-15-7-8-16(30)13-24(12-15)17-4-3-11-33-22(17)28-23(32)29-24/h1-2,5-6,15-17,22H,3-4,7-14H2,(H,25,31)(H,26,27)(H2,28,29,32)/t15-,16-,17+,22-/m0/s1. The predicted octanol–water partition coefficient (Wildman–Crippen LogP) is 1.65. The van der Waals surface area contributed by atoms with Gasteiger partial charge in [-0.25, -0.2) is 9.78 Å². The number of piperidine rings is 1. The molecular weight excluding hydrogens is 420 g/mol. The van der Waals surface area contributed by atoms with Gasteiger partial charge in [-0.3, -0.25) is 9.69 Å². The van der Waals surface area contributed by atoms with Crippen molar-refractivity contribution in [3.8, 4) is 0 Å². The summed E-state index contributed by atoms with van der Waals surface area (Å²) in [6, 6.07) is 8.49. The summed E-state index contributed by atoms with van der Waals surface area (Å²) < 4.78 is 5.90. The van der Waals surface area contributed by atoms with Gasteiger partial charge in [-0.2, -0.15) is 0 Å². The number of carbonyl (C=O) groups is 2. The highest BCUT2D eigenvalue weighted by molar-refractivity contribution is 5.78. The summed E-state index contributed by atoms with van der Waals surface area (Å²) in [5.74, 6) is 1.25. The van der Waals surface area contributed by atoms with Crippen molar-refractivity contribution < 1.29 is 14.3 Å². The minimum Gasteiger partial charge on any atom is -0.358 e. The van der Waals surface area contributed by atoms with Gasteiger partial charge < -0.3 is 25.7 Å². The molecule has 3 amide bonds. The van der Waals surface area contributed by atoms with E-state index in [4.69, 9.17) is 4.74 Å². The Morgan fingerprint density at radius 2 is 2.03 bits per heavy atom. The highest BCUT2D eigenvalue weighted by Crippen LogP contribution is 2.47. The lowest BCUT2D eigenvalue weighted by molar-refractivity contribution is -0.126. The Labute approximate surface area is 193 Å². The smallest absolute Gasteiger partial charge is 0.317 e. The minimum absolute atomic E-state index is 0.0622. The third-order valence-electron chi connectivity index (χ3n) is 8.09. The number of benzene rings is 1. The molecule has 6 rings (SSSR count). The average Bonchev–Trinajstić information content (AvgIpc) is 3.31. The van der Waals surface area contributed by atoms with Crippen molar-refractivity contribution in [2.45, 2.75) is 68.8 Å². The van der Waals surface area contributed by atoms with Crippen LogP contribution >= 0.6 is 0 Å². The molecule has 0 saturated carbocycles. The second-order valence-electron chi connectivity index (χ2n) is 10.1. The summed E-state index contributed by atoms with van der Waals surface area (Å²) >= 11 is 0. The summed E-state index contributed by atoms with van der Waals surface area (Å²) in [6.07, 6.45) is 6.56. The number of aromatic amines is 1. The molecule has 9 heteroatoms. The highest BCUT2D eigenvalue weighted by atomic mass is 16.5. The molecule has 176 valence electrons. The van der Waals surface area contributed by atoms with Crippen LogP contribution in [-0.2, 0) is 16.0 Å². The lowest BCUT2D eigenvalue weighted by atomic mass is 9.69. The van der Waals surface area contributed by atoms with Crippen molar-refractivity contribution >= 4 is 23.0 Å². The Morgan fingerprint density at radius 3 is 2.85 bits per heavy atom. The molecule has 1 aromatic heterocycles. The number of hydrogen-bond acceptors (Lipinski definition) is 5. The van der Waals surface area contributed by atoms with Gasteiger partial charge in [0.15, 0.2) is 0 Å². The van der Waals surface area contributed by atoms with Crippen LogP contribution in [0.4, 0.5) is 4.79 Å². The molecule has 1 aromatic carbocycles. The minimum atomic E-state index is -0.215. The van der Waals surface area contributed by atoms with Gasteiger partial charge in [0, 0.05) is 37.6 Å². The van der Waals surface area contributed by atoms with E-state index in [0.29, 0.717) is 44.1 Å². The number of rotatable bonds is 5. The Kier molecular flexibility index (Phi) is 5.25. The summed E-state index contributed by atoms with van der Waals surface area (Å²) in [4.78, 5) is 35.4. The Morgan fingerprint density at radius 1 is 1.21 bits per heavy atom. The third kappa shape index (κ3) is 3.87. The number of aromatic nitrogens is 2. The molecule has 0 unspecified atom stereocenters. The summed E-state index contributed by atoms with van der Waals surface area (Å²) in [7, 11) is 0. The maximum Gasteiger partial charge on any atom is 0.317 e. The van der Waals surface area contributed by atoms with Crippen LogP contribution in [-0.4, -0.2) is 70.4 Å². The molecule has 4 atom stereocenters. The third-order valence-corrected chi connectivity index (χ3v) is 8.09. The molecule has 33 heavy (non-hydrogen) atoms. The molecule has 4 aliphatic heterocycles. The molecule has 4 fully saturated rings. The first-order valence-corrected chi connectivity index (χ1v) is 12.3. The first kappa shape index (κ1) is 20.9. The van der Waals surface area contributed by atoms with Gasteiger partial charge in [0.05, 0.1) is 23.1 Å².